The fraction of sp³-hybridized carbons (Fsp3) is 0.167. The van der Waals surface area contributed by atoms with Crippen LogP contribution in [0.3, 0.4) is 0 Å². The molecule has 0 spiro atoms. The molecule has 0 saturated heterocycles. The number of aromatic nitrogens is 1. The van der Waals surface area contributed by atoms with Gasteiger partial charge in [0.05, 0.1) is 5.69 Å². The largest absolute Gasteiger partial charge is 0.488 e. The minimum Gasteiger partial charge on any atom is -0.488 e. The molecule has 112 valence electrons. The van der Waals surface area contributed by atoms with Gasteiger partial charge in [0.25, 0.3) is 0 Å². The fourth-order valence-corrected chi connectivity index (χ4v) is 2.71. The highest BCUT2D eigenvalue weighted by atomic mass is 32.1. The summed E-state index contributed by atoms with van der Waals surface area (Å²) in [5.41, 5.74) is 2.29. The Morgan fingerprint density at radius 3 is 2.59 bits per heavy atom. The molecule has 0 aliphatic heterocycles. The highest BCUT2D eigenvalue weighted by Gasteiger charge is 1.98. The van der Waals surface area contributed by atoms with E-state index in [4.69, 9.17) is 4.74 Å². The molecule has 3 rings (SSSR count). The summed E-state index contributed by atoms with van der Waals surface area (Å²) in [4.78, 5) is 5.53. The Hall–Kier alpha value is -2.17. The van der Waals surface area contributed by atoms with Crippen LogP contribution in [0.25, 0.3) is 0 Å². The Labute approximate surface area is 134 Å². The number of rotatable bonds is 7. The molecule has 0 atom stereocenters. The van der Waals surface area contributed by atoms with E-state index in [0.717, 1.165) is 24.5 Å². The van der Waals surface area contributed by atoms with Crippen molar-refractivity contribution in [3.8, 4) is 5.75 Å². The van der Waals surface area contributed by atoms with Crippen molar-refractivity contribution in [2.45, 2.75) is 19.7 Å². The average Bonchev–Trinajstić information content (AvgIpc) is 3.09. The van der Waals surface area contributed by atoms with Gasteiger partial charge in [0, 0.05) is 24.2 Å². The molecule has 0 aliphatic carbocycles. The number of benzene rings is 1. The normalized spacial score (nSPS) is 10.5. The first-order valence-electron chi connectivity index (χ1n) is 7.25. The van der Waals surface area contributed by atoms with Crippen molar-refractivity contribution in [2.75, 3.05) is 0 Å². The van der Waals surface area contributed by atoms with Crippen molar-refractivity contribution in [1.29, 1.82) is 0 Å². The van der Waals surface area contributed by atoms with Crippen molar-refractivity contribution in [2.24, 2.45) is 0 Å². The summed E-state index contributed by atoms with van der Waals surface area (Å²) in [6, 6.07) is 18.3. The van der Waals surface area contributed by atoms with Crippen LogP contribution >= 0.6 is 11.3 Å². The van der Waals surface area contributed by atoms with Gasteiger partial charge in [-0.3, -0.25) is 4.98 Å². The number of hydrogen-bond acceptors (Lipinski definition) is 4. The van der Waals surface area contributed by atoms with Crippen molar-refractivity contribution in [3.05, 3.63) is 82.3 Å². The Kier molecular flexibility index (Phi) is 5.18. The minimum absolute atomic E-state index is 0.634. The molecule has 0 aliphatic rings. The Morgan fingerprint density at radius 1 is 0.955 bits per heavy atom. The predicted octanol–water partition coefficient (Wildman–Crippen LogP) is 4.01. The van der Waals surface area contributed by atoms with Crippen molar-refractivity contribution >= 4 is 11.3 Å². The zero-order valence-electron chi connectivity index (χ0n) is 12.2. The van der Waals surface area contributed by atoms with E-state index in [9.17, 15) is 0 Å². The van der Waals surface area contributed by atoms with Crippen molar-refractivity contribution in [3.63, 3.8) is 0 Å². The summed E-state index contributed by atoms with van der Waals surface area (Å²) in [7, 11) is 0. The van der Waals surface area contributed by atoms with Gasteiger partial charge in [-0.15, -0.1) is 11.3 Å². The Balaban J connectivity index is 1.45. The van der Waals surface area contributed by atoms with Crippen LogP contribution in [0, 0.1) is 0 Å². The SMILES string of the molecule is c1ccc(CNCc2ccc(OCc3cccs3)cc2)nc1. The van der Waals surface area contributed by atoms with Gasteiger partial charge in [0.2, 0.25) is 0 Å². The zero-order valence-corrected chi connectivity index (χ0v) is 13.1. The number of nitrogens with one attached hydrogen (secondary N) is 1. The lowest BCUT2D eigenvalue weighted by molar-refractivity contribution is 0.309. The predicted molar refractivity (Wildman–Crippen MR) is 89.9 cm³/mol. The van der Waals surface area contributed by atoms with E-state index in [1.54, 1.807) is 11.3 Å². The van der Waals surface area contributed by atoms with Gasteiger partial charge < -0.3 is 10.1 Å². The smallest absolute Gasteiger partial charge is 0.122 e. The van der Waals surface area contributed by atoms with Gasteiger partial charge in [0.1, 0.15) is 12.4 Å². The van der Waals surface area contributed by atoms with Crippen LogP contribution in [-0.2, 0) is 19.7 Å². The summed E-state index contributed by atoms with van der Waals surface area (Å²) >= 11 is 1.71. The van der Waals surface area contributed by atoms with Gasteiger partial charge in [-0.25, -0.2) is 0 Å². The molecule has 2 aromatic heterocycles. The second-order valence-corrected chi connectivity index (χ2v) is 5.97. The van der Waals surface area contributed by atoms with Crippen LogP contribution in [0.5, 0.6) is 5.75 Å². The summed E-state index contributed by atoms with van der Waals surface area (Å²) < 4.78 is 5.76. The lowest BCUT2D eigenvalue weighted by atomic mass is 10.2. The second-order valence-electron chi connectivity index (χ2n) is 4.94. The summed E-state index contributed by atoms with van der Waals surface area (Å²) in [5.74, 6) is 0.905. The van der Waals surface area contributed by atoms with E-state index in [1.165, 1.54) is 10.4 Å². The third-order valence-electron chi connectivity index (χ3n) is 3.25. The lowest BCUT2D eigenvalue weighted by Gasteiger charge is -2.07. The molecule has 22 heavy (non-hydrogen) atoms. The van der Waals surface area contributed by atoms with Crippen LogP contribution in [0.1, 0.15) is 16.1 Å². The lowest BCUT2D eigenvalue weighted by Crippen LogP contribution is -2.13. The molecule has 0 unspecified atom stereocenters. The number of thiophene rings is 1. The maximum Gasteiger partial charge on any atom is 0.122 e. The van der Waals surface area contributed by atoms with Crippen LogP contribution in [-0.4, -0.2) is 4.98 Å². The van der Waals surface area contributed by atoms with Crippen LogP contribution in [0.4, 0.5) is 0 Å². The number of pyridine rings is 1. The molecular formula is C18H18N2OS. The standard InChI is InChI=1S/C18H18N2OS/c1-2-10-20-16(4-1)13-19-12-15-6-8-17(9-7-15)21-14-18-5-3-11-22-18/h1-11,19H,12-14H2. The van der Waals surface area contributed by atoms with Crippen LogP contribution in [0.2, 0.25) is 0 Å². The molecule has 2 heterocycles. The van der Waals surface area contributed by atoms with Gasteiger partial charge >= 0.3 is 0 Å². The van der Waals surface area contributed by atoms with E-state index in [0.29, 0.717) is 6.61 Å². The monoisotopic (exact) mass is 310 g/mol. The van der Waals surface area contributed by atoms with E-state index >= 15 is 0 Å². The summed E-state index contributed by atoms with van der Waals surface area (Å²) in [5, 5.41) is 5.45. The number of ether oxygens (including phenoxy) is 1. The average molecular weight is 310 g/mol. The first-order valence-corrected chi connectivity index (χ1v) is 8.13. The summed E-state index contributed by atoms with van der Waals surface area (Å²) in [6.45, 7) is 2.23. The van der Waals surface area contributed by atoms with Gasteiger partial charge in [-0.1, -0.05) is 24.3 Å². The molecule has 1 N–H and O–H groups in total. The highest BCUT2D eigenvalue weighted by Crippen LogP contribution is 2.16. The molecule has 1 aromatic carbocycles. The maximum atomic E-state index is 5.76. The fourth-order valence-electron chi connectivity index (χ4n) is 2.09. The first kappa shape index (κ1) is 14.8. The maximum absolute atomic E-state index is 5.76. The quantitative estimate of drug-likeness (QED) is 0.716. The zero-order chi connectivity index (χ0) is 15.0. The Morgan fingerprint density at radius 2 is 1.86 bits per heavy atom. The summed E-state index contributed by atoms with van der Waals surface area (Å²) in [6.07, 6.45) is 1.82. The molecule has 0 saturated carbocycles. The van der Waals surface area contributed by atoms with Gasteiger partial charge in [-0.05, 0) is 41.3 Å². The molecule has 0 amide bonds. The molecule has 4 heteroatoms. The Bertz CT molecular complexity index is 666. The second kappa shape index (κ2) is 7.73. The minimum atomic E-state index is 0.634. The van der Waals surface area contributed by atoms with Crippen LogP contribution in [0.15, 0.2) is 66.2 Å². The van der Waals surface area contributed by atoms with Gasteiger partial charge in [-0.2, -0.15) is 0 Å². The first-order chi connectivity index (χ1) is 10.9. The van der Waals surface area contributed by atoms with Crippen molar-refractivity contribution in [1.82, 2.24) is 10.3 Å². The van der Waals surface area contributed by atoms with E-state index in [-0.39, 0.29) is 0 Å². The molecule has 3 nitrogen and oxygen atoms in total. The topological polar surface area (TPSA) is 34.1 Å². The molecule has 0 bridgehead atoms. The van der Waals surface area contributed by atoms with Gasteiger partial charge in [0.15, 0.2) is 0 Å². The van der Waals surface area contributed by atoms with E-state index < -0.39 is 0 Å². The highest BCUT2D eigenvalue weighted by molar-refractivity contribution is 7.09. The third kappa shape index (κ3) is 4.41. The van der Waals surface area contributed by atoms with Crippen LogP contribution < -0.4 is 10.1 Å². The van der Waals surface area contributed by atoms with E-state index in [2.05, 4.69) is 33.9 Å². The molecule has 0 radical (unpaired) electrons. The molecule has 3 aromatic rings. The third-order valence-corrected chi connectivity index (χ3v) is 4.10. The molecular weight excluding hydrogens is 292 g/mol. The number of hydrogen-bond donors (Lipinski definition) is 1. The molecule has 0 fully saturated rings. The van der Waals surface area contributed by atoms with Crippen molar-refractivity contribution < 1.29 is 4.74 Å². The number of nitrogens with zero attached hydrogens (tertiary/aromatic N) is 1. The van der Waals surface area contributed by atoms with E-state index in [1.807, 2.05) is 42.6 Å².